The molecule has 0 unspecified atom stereocenters. The number of halogens is 8. The second-order valence-electron chi connectivity index (χ2n) is 30.0. The number of aromatic nitrogens is 4. The lowest BCUT2D eigenvalue weighted by molar-refractivity contribution is 0.0912. The van der Waals surface area contributed by atoms with E-state index in [9.17, 15) is 38.7 Å². The largest absolute Gasteiger partial charge is 0.398 e. The number of anilines is 6. The van der Waals surface area contributed by atoms with Gasteiger partial charge in [0.1, 0.15) is 0 Å². The van der Waals surface area contributed by atoms with E-state index in [0.29, 0.717) is 111 Å². The molecule has 1 fully saturated rings. The van der Waals surface area contributed by atoms with Crippen molar-refractivity contribution in [2.24, 2.45) is 0 Å². The normalized spacial score (nSPS) is 11.8. The Labute approximate surface area is 807 Å². The Morgan fingerprint density at radius 1 is 0.346 bits per heavy atom. The van der Waals surface area contributed by atoms with Gasteiger partial charge in [-0.05, 0) is 237 Å². The molecule has 0 bridgehead atoms. The van der Waals surface area contributed by atoms with Gasteiger partial charge in [0.2, 0.25) is 0 Å². The van der Waals surface area contributed by atoms with Crippen molar-refractivity contribution >= 4 is 168 Å². The Morgan fingerprint density at radius 2 is 0.699 bits per heavy atom. The zero-order chi connectivity index (χ0) is 93.9. The van der Waals surface area contributed by atoms with E-state index in [1.807, 2.05) is 164 Å². The second-order valence-corrected chi connectivity index (χ2v) is 33.3. The molecular formula is C103H84Cl8N14O8. The number of nitrogens with zero attached hydrogens (tertiary/aromatic N) is 6. The Morgan fingerprint density at radius 3 is 1.07 bits per heavy atom. The van der Waals surface area contributed by atoms with Gasteiger partial charge in [-0.25, -0.2) is 0 Å². The molecule has 4 aromatic heterocycles. The van der Waals surface area contributed by atoms with Crippen LogP contribution in [0.3, 0.4) is 0 Å². The molecule has 133 heavy (non-hydrogen) atoms. The third-order valence-electron chi connectivity index (χ3n) is 20.9. The minimum Gasteiger partial charge on any atom is -0.398 e. The van der Waals surface area contributed by atoms with Crippen molar-refractivity contribution in [3.05, 3.63) is 424 Å². The molecule has 16 rings (SSSR count). The highest BCUT2D eigenvalue weighted by Gasteiger charge is 2.24. The molecule has 0 spiro atoms. The maximum atomic E-state index is 12.9. The van der Waals surface area contributed by atoms with Crippen LogP contribution in [0.5, 0.6) is 0 Å². The minimum absolute atomic E-state index is 0.120. The summed E-state index contributed by atoms with van der Waals surface area (Å²) in [5.74, 6) is -2.52. The number of benzene rings is 11. The van der Waals surface area contributed by atoms with Crippen LogP contribution < -0.4 is 47.9 Å². The van der Waals surface area contributed by atoms with Crippen LogP contribution in [-0.4, -0.2) is 111 Å². The van der Waals surface area contributed by atoms with Gasteiger partial charge in [-0.1, -0.05) is 196 Å². The summed E-state index contributed by atoms with van der Waals surface area (Å²) in [6.45, 7) is 4.44. The van der Waals surface area contributed by atoms with Crippen molar-refractivity contribution in [3.63, 3.8) is 0 Å². The highest BCUT2D eigenvalue weighted by Crippen LogP contribution is 2.36. The molecule has 0 saturated carbocycles. The van der Waals surface area contributed by atoms with Crippen LogP contribution in [0.25, 0.3) is 45.0 Å². The summed E-state index contributed by atoms with van der Waals surface area (Å²) in [4.78, 5) is 111. The van der Waals surface area contributed by atoms with E-state index in [0.717, 1.165) is 66.2 Å². The molecule has 0 radical (unpaired) electrons. The number of aliphatic hydroxyl groups excluding tert-OH is 1. The standard InChI is InChI=1S/C27H21Cl2N3O3.C26H20Cl2N4O2.C26H19Cl2N3O2.C24H24Cl2N4O/c28-22-12-10-19(15-21(22)24-8-4-5-13-30-24)31-27(35)20-11-9-18(14-23(20)29)26(34)32-25(16-33)17-6-2-1-3-7-17;27-21-11-9-18(14-20(21)24-7-3-4-12-30-24)32-26(34)19-10-8-16(13-22(19)28)25(33)31-15-17-5-1-2-6-23(17)29;27-22-12-10-19(15-21(22)24-8-4-5-13-29-24)31-26(33)20-11-9-18(14-23(20)28)25(32)30-16-17-6-2-1-3-7-17;1-29-11-4-12-30(14-13-29)18-7-8-19(22(26)16-18)24(31)28-17-6-9-21(25)20(15-17)23-5-2-3-10-27-23/h1-15,25,33H,16H2,(H,31,35)(H,32,34);1-14H,15,29H2,(H,31,33)(H,32,34);1-15H,16H2,(H,30,32)(H,31,33);2-3,5-10,15-16H,4,11-14H2,1H3,(H,28,31)/t25-;;;/m0.../s1. The fourth-order valence-corrected chi connectivity index (χ4v) is 15.7. The lowest BCUT2D eigenvalue weighted by Crippen LogP contribution is -2.30. The van der Waals surface area contributed by atoms with Crippen molar-refractivity contribution in [1.82, 2.24) is 40.8 Å². The quantitative estimate of drug-likeness (QED) is 0.0269. The van der Waals surface area contributed by atoms with Gasteiger partial charge in [-0.3, -0.25) is 53.5 Å². The lowest BCUT2D eigenvalue weighted by atomic mass is 10.1. The fraction of sp³-hybridized carbons (Fsp3) is 0.0971. The first-order valence-corrected chi connectivity index (χ1v) is 44.5. The molecule has 1 aliphatic heterocycles. The predicted molar refractivity (Wildman–Crippen MR) is 534 cm³/mol. The highest BCUT2D eigenvalue weighted by molar-refractivity contribution is 6.38. The number of aliphatic hydroxyl groups is 1. The molecule has 670 valence electrons. The predicted octanol–water partition coefficient (Wildman–Crippen LogP) is 23.3. The maximum absolute atomic E-state index is 12.9. The van der Waals surface area contributed by atoms with E-state index in [1.165, 1.54) is 42.5 Å². The van der Waals surface area contributed by atoms with Crippen molar-refractivity contribution in [1.29, 1.82) is 0 Å². The number of carbonyl (C=O) groups is 7. The van der Waals surface area contributed by atoms with Crippen molar-refractivity contribution < 1.29 is 38.7 Å². The van der Waals surface area contributed by atoms with Gasteiger partial charge in [-0.2, -0.15) is 0 Å². The van der Waals surface area contributed by atoms with E-state index in [4.69, 9.17) is 98.5 Å². The summed E-state index contributed by atoms with van der Waals surface area (Å²) >= 11 is 50.8. The Kier molecular flexibility index (Phi) is 34.4. The van der Waals surface area contributed by atoms with Crippen LogP contribution in [0.2, 0.25) is 40.2 Å². The minimum atomic E-state index is -0.566. The summed E-state index contributed by atoms with van der Waals surface area (Å²) in [6.07, 6.45) is 7.82. The number of pyridine rings is 4. The molecule has 15 aromatic rings. The topological polar surface area (TPSA) is 308 Å². The van der Waals surface area contributed by atoms with E-state index in [2.05, 4.69) is 74.0 Å². The maximum Gasteiger partial charge on any atom is 0.257 e. The van der Waals surface area contributed by atoms with Gasteiger partial charge in [0.25, 0.3) is 41.4 Å². The first-order chi connectivity index (χ1) is 64.4. The number of para-hydroxylation sites is 1. The Hall–Kier alpha value is -13.9. The fourth-order valence-electron chi connectivity index (χ4n) is 13.8. The number of rotatable bonds is 23. The second kappa shape index (κ2) is 47.3. The first-order valence-electron chi connectivity index (χ1n) is 41.5. The monoisotopic (exact) mass is 1920 g/mol. The zero-order valence-corrected chi connectivity index (χ0v) is 77.0. The number of nitrogen functional groups attached to an aromatic ring is 1. The van der Waals surface area contributed by atoms with Gasteiger partial charge < -0.3 is 57.9 Å². The third-order valence-corrected chi connectivity index (χ3v) is 23.4. The van der Waals surface area contributed by atoms with E-state index in [-0.39, 0.29) is 68.2 Å². The zero-order valence-electron chi connectivity index (χ0n) is 71.0. The highest BCUT2D eigenvalue weighted by atomic mass is 35.5. The molecule has 30 heteroatoms. The van der Waals surface area contributed by atoms with Crippen LogP contribution in [0.4, 0.5) is 34.1 Å². The van der Waals surface area contributed by atoms with Crippen LogP contribution in [0.1, 0.15) is 102 Å². The van der Waals surface area contributed by atoms with Gasteiger partial charge in [0.15, 0.2) is 0 Å². The van der Waals surface area contributed by atoms with Crippen LogP contribution in [-0.2, 0) is 13.1 Å². The third kappa shape index (κ3) is 26.7. The number of hydrogen-bond acceptors (Lipinski definition) is 15. The number of amides is 7. The molecule has 1 saturated heterocycles. The molecule has 10 N–H and O–H groups in total. The van der Waals surface area contributed by atoms with Crippen LogP contribution in [0, 0.1) is 0 Å². The number of carbonyl (C=O) groups excluding carboxylic acids is 7. The van der Waals surface area contributed by atoms with Crippen LogP contribution in [0.15, 0.2) is 328 Å². The molecule has 1 aliphatic rings. The van der Waals surface area contributed by atoms with E-state index < -0.39 is 29.7 Å². The number of nitrogens with one attached hydrogen (secondary N) is 7. The van der Waals surface area contributed by atoms with Crippen molar-refractivity contribution in [2.45, 2.75) is 25.6 Å². The van der Waals surface area contributed by atoms with Gasteiger partial charge >= 0.3 is 0 Å². The SMILES string of the molecule is CN1CCCN(c2ccc(C(=O)Nc3ccc(Cl)c(-c4ccccn4)c3)c(Cl)c2)CC1.Nc1ccccc1CNC(=O)c1ccc(C(=O)Nc2ccc(Cl)c(-c3ccccn3)c2)c(Cl)c1.O=C(NCc1ccccc1)c1ccc(C(=O)Nc2ccc(Cl)c(-c3ccccn3)c2)c(Cl)c1.O=C(N[C@@H](CO)c1ccccc1)c1ccc(C(=O)Nc2ccc(Cl)c(-c3ccccn3)c2)c(Cl)c1. The average molecular weight is 1930 g/mol. The molecule has 0 aliphatic carbocycles. The van der Waals surface area contributed by atoms with Gasteiger partial charge in [0, 0.05) is 131 Å². The first kappa shape index (κ1) is 96.7. The van der Waals surface area contributed by atoms with E-state index >= 15 is 0 Å². The summed E-state index contributed by atoms with van der Waals surface area (Å²) < 4.78 is 0. The molecule has 7 amide bonds. The molecule has 22 nitrogen and oxygen atoms in total. The summed E-state index contributed by atoms with van der Waals surface area (Å²) in [5, 5.41) is 32.5. The van der Waals surface area contributed by atoms with Crippen molar-refractivity contribution in [3.8, 4) is 45.0 Å². The average Bonchev–Trinajstić information content (AvgIpc) is 1.35. The van der Waals surface area contributed by atoms with Gasteiger partial charge in [0.05, 0.1) is 97.9 Å². The number of hydrogen-bond donors (Lipinski definition) is 9. The molecule has 11 aromatic carbocycles. The van der Waals surface area contributed by atoms with Gasteiger partial charge in [-0.15, -0.1) is 0 Å². The number of likely N-dealkylation sites (N-methyl/N-ethyl adjacent to an activating group) is 1. The summed E-state index contributed by atoms with van der Waals surface area (Å²) in [6, 6.07) is 87.4. The summed E-state index contributed by atoms with van der Waals surface area (Å²) in [5.41, 5.74) is 20.1. The molecular weight excluding hydrogens is 1840 g/mol. The molecule has 5 heterocycles. The number of nitrogens with two attached hydrogens (primary N) is 1. The van der Waals surface area contributed by atoms with Crippen LogP contribution >= 0.6 is 92.8 Å². The Bertz CT molecular complexity index is 6670. The smallest absolute Gasteiger partial charge is 0.257 e. The summed E-state index contributed by atoms with van der Waals surface area (Å²) in [7, 11) is 2.14. The Balaban J connectivity index is 0.000000151. The van der Waals surface area contributed by atoms with E-state index in [1.54, 1.807) is 122 Å². The lowest BCUT2D eigenvalue weighted by Gasteiger charge is -2.23. The van der Waals surface area contributed by atoms with Crippen molar-refractivity contribution in [2.75, 3.05) is 71.7 Å². The molecule has 1 atom stereocenters.